The number of aliphatic carboxylic acids is 3. The fourth-order valence-electron chi connectivity index (χ4n) is 1.87. The molecule has 6 nitrogen and oxygen atoms in total. The molecule has 120 valence electrons. The van der Waals surface area contributed by atoms with Crippen molar-refractivity contribution in [3.63, 3.8) is 0 Å². The van der Waals surface area contributed by atoms with Crippen LogP contribution in [-0.4, -0.2) is 33.2 Å². The number of rotatable bonds is 9. The molecule has 3 N–H and O–H groups in total. The molecular formula is C14H28O6. The molecule has 0 aromatic rings. The summed E-state index contributed by atoms with van der Waals surface area (Å²) in [5.74, 6) is -5.60. The summed E-state index contributed by atoms with van der Waals surface area (Å²) in [5.41, 5.74) is 0. The van der Waals surface area contributed by atoms with Crippen LogP contribution in [0.25, 0.3) is 0 Å². The van der Waals surface area contributed by atoms with E-state index in [1.807, 2.05) is 0 Å². The molecule has 0 rings (SSSR count). The molecule has 0 heterocycles. The summed E-state index contributed by atoms with van der Waals surface area (Å²) < 4.78 is 0. The van der Waals surface area contributed by atoms with Crippen molar-refractivity contribution in [3.8, 4) is 0 Å². The fourth-order valence-corrected chi connectivity index (χ4v) is 1.87. The van der Waals surface area contributed by atoms with E-state index >= 15 is 0 Å². The number of carboxylic acid groups (broad SMARTS) is 3. The Balaban J connectivity index is -0.00000144. The predicted molar refractivity (Wildman–Crippen MR) is 76.7 cm³/mol. The number of carboxylic acids is 3. The van der Waals surface area contributed by atoms with Crippen molar-refractivity contribution < 1.29 is 29.7 Å². The third kappa shape index (κ3) is 7.76. The maximum Gasteiger partial charge on any atom is 0.306 e. The van der Waals surface area contributed by atoms with Gasteiger partial charge in [-0.15, -0.1) is 0 Å². The zero-order valence-corrected chi connectivity index (χ0v) is 10.6. The van der Waals surface area contributed by atoms with Crippen LogP contribution in [0, 0.1) is 17.8 Å². The van der Waals surface area contributed by atoms with Crippen molar-refractivity contribution in [3.05, 3.63) is 0 Å². The third-order valence-corrected chi connectivity index (χ3v) is 3.17. The minimum absolute atomic E-state index is 0. The number of hydrogen-bond acceptors (Lipinski definition) is 3. The van der Waals surface area contributed by atoms with Gasteiger partial charge in [0, 0.05) is 0 Å². The van der Waals surface area contributed by atoms with Gasteiger partial charge >= 0.3 is 17.9 Å². The van der Waals surface area contributed by atoms with E-state index in [4.69, 9.17) is 15.3 Å². The van der Waals surface area contributed by atoms with E-state index in [9.17, 15) is 14.4 Å². The Bertz CT molecular complexity index is 289. The van der Waals surface area contributed by atoms with Gasteiger partial charge in [0.1, 0.15) is 0 Å². The first-order valence-electron chi connectivity index (χ1n) is 6.01. The number of hydrogen-bond donors (Lipinski definition) is 3. The second kappa shape index (κ2) is 11.3. The molecule has 0 aliphatic heterocycles. The highest BCUT2D eigenvalue weighted by Gasteiger charge is 2.30. The molecule has 0 aromatic carbocycles. The normalized spacial score (nSPS) is 14.1. The Morgan fingerprint density at radius 1 is 0.700 bits per heavy atom. The second-order valence-electron chi connectivity index (χ2n) is 4.39. The first-order valence-corrected chi connectivity index (χ1v) is 6.01. The molecule has 0 bridgehead atoms. The fraction of sp³-hybridized carbons (Fsp3) is 0.786. The monoisotopic (exact) mass is 292 g/mol. The maximum absolute atomic E-state index is 11.1. The van der Waals surface area contributed by atoms with E-state index < -0.39 is 35.7 Å². The molecule has 0 saturated carbocycles. The Morgan fingerprint density at radius 2 is 0.950 bits per heavy atom. The summed E-state index contributed by atoms with van der Waals surface area (Å²) in [6, 6.07) is 0. The van der Waals surface area contributed by atoms with Gasteiger partial charge in [-0.2, -0.15) is 0 Å². The van der Waals surface area contributed by atoms with Crippen molar-refractivity contribution >= 4 is 17.9 Å². The molecule has 2 atom stereocenters. The van der Waals surface area contributed by atoms with Gasteiger partial charge in [-0.05, 0) is 25.7 Å². The zero-order valence-electron chi connectivity index (χ0n) is 10.6. The van der Waals surface area contributed by atoms with Crippen LogP contribution >= 0.6 is 0 Å². The highest BCUT2D eigenvalue weighted by atomic mass is 16.4. The summed E-state index contributed by atoms with van der Waals surface area (Å²) >= 11 is 0. The molecule has 2 unspecified atom stereocenters. The van der Waals surface area contributed by atoms with Crippen LogP contribution in [0.15, 0.2) is 0 Å². The molecule has 0 fully saturated rings. The first-order chi connectivity index (χ1) is 8.33. The van der Waals surface area contributed by atoms with Gasteiger partial charge in [0.2, 0.25) is 0 Å². The maximum atomic E-state index is 11.1. The molecule has 20 heavy (non-hydrogen) atoms. The lowest BCUT2D eigenvalue weighted by Gasteiger charge is -2.19. The second-order valence-corrected chi connectivity index (χ2v) is 4.39. The van der Waals surface area contributed by atoms with E-state index in [0.717, 1.165) is 0 Å². The van der Waals surface area contributed by atoms with E-state index in [-0.39, 0.29) is 27.7 Å². The Labute approximate surface area is 120 Å². The third-order valence-electron chi connectivity index (χ3n) is 3.17. The summed E-state index contributed by atoms with van der Waals surface area (Å²) in [5, 5.41) is 26.8. The van der Waals surface area contributed by atoms with E-state index in [0.29, 0.717) is 12.8 Å². The Kier molecular flexibility index (Phi) is 13.2. The van der Waals surface area contributed by atoms with Gasteiger partial charge in [0.15, 0.2) is 0 Å². The smallest absolute Gasteiger partial charge is 0.306 e. The van der Waals surface area contributed by atoms with Gasteiger partial charge in [-0.25, -0.2) is 0 Å². The highest BCUT2D eigenvalue weighted by Crippen LogP contribution is 2.24. The molecule has 0 amide bonds. The van der Waals surface area contributed by atoms with Gasteiger partial charge < -0.3 is 15.3 Å². The lowest BCUT2D eigenvalue weighted by Crippen LogP contribution is -2.26. The van der Waals surface area contributed by atoms with E-state index in [2.05, 4.69) is 0 Å². The van der Waals surface area contributed by atoms with E-state index in [1.165, 1.54) is 0 Å². The molecule has 0 aliphatic carbocycles. The van der Waals surface area contributed by atoms with Gasteiger partial charge in [0.05, 0.1) is 17.8 Å². The average molecular weight is 292 g/mol. The molecule has 0 radical (unpaired) electrons. The van der Waals surface area contributed by atoms with E-state index in [1.54, 1.807) is 13.8 Å². The van der Waals surface area contributed by atoms with Gasteiger partial charge in [0.25, 0.3) is 0 Å². The topological polar surface area (TPSA) is 112 Å². The first kappa shape index (κ1) is 23.5. The Morgan fingerprint density at radius 3 is 1.10 bits per heavy atom. The standard InChI is InChI=1S/C12H20O6.2CH4/c1-3-7(10(13)14)5-9(12(17)18)6-8(4-2)11(15)16;;/h7-9H,3-6H2,1-2H3,(H,13,14)(H,15,16)(H,17,18);2*1H4. The number of carbonyl (C=O) groups is 3. The predicted octanol–water partition coefficient (Wildman–Crippen LogP) is 2.96. The van der Waals surface area contributed by atoms with Crippen molar-refractivity contribution in [2.45, 2.75) is 54.4 Å². The molecular weight excluding hydrogens is 264 g/mol. The molecule has 0 spiro atoms. The van der Waals surface area contributed by atoms with Crippen molar-refractivity contribution in [1.29, 1.82) is 0 Å². The highest BCUT2D eigenvalue weighted by molar-refractivity contribution is 5.75. The molecule has 0 aromatic heterocycles. The molecule has 0 aliphatic rings. The summed E-state index contributed by atoms with van der Waals surface area (Å²) in [6.07, 6.45) is 0.627. The summed E-state index contributed by atoms with van der Waals surface area (Å²) in [7, 11) is 0. The zero-order chi connectivity index (χ0) is 14.3. The van der Waals surface area contributed by atoms with Crippen LogP contribution in [0.3, 0.4) is 0 Å². The van der Waals surface area contributed by atoms with Gasteiger partial charge in [-0.1, -0.05) is 28.7 Å². The van der Waals surface area contributed by atoms with Crippen LogP contribution in [-0.2, 0) is 14.4 Å². The Hall–Kier alpha value is -1.59. The van der Waals surface area contributed by atoms with Crippen LogP contribution < -0.4 is 0 Å². The summed E-state index contributed by atoms with van der Waals surface area (Å²) in [6.45, 7) is 3.35. The van der Waals surface area contributed by atoms with Crippen LogP contribution in [0.1, 0.15) is 54.4 Å². The van der Waals surface area contributed by atoms with Crippen LogP contribution in [0.2, 0.25) is 0 Å². The molecule has 0 saturated heterocycles. The summed E-state index contributed by atoms with van der Waals surface area (Å²) in [4.78, 5) is 32.8. The average Bonchev–Trinajstić information content (AvgIpc) is 2.27. The minimum atomic E-state index is -1.13. The van der Waals surface area contributed by atoms with Crippen molar-refractivity contribution in [1.82, 2.24) is 0 Å². The SMILES string of the molecule is C.C.CCC(CC(CC(CC)C(=O)O)C(=O)O)C(=O)O. The lowest BCUT2D eigenvalue weighted by molar-refractivity contribution is -0.147. The lowest BCUT2D eigenvalue weighted by atomic mass is 9.85. The van der Waals surface area contributed by atoms with Crippen molar-refractivity contribution in [2.24, 2.45) is 17.8 Å². The minimum Gasteiger partial charge on any atom is -0.481 e. The quantitative estimate of drug-likeness (QED) is 0.602. The van der Waals surface area contributed by atoms with Gasteiger partial charge in [-0.3, -0.25) is 14.4 Å². The van der Waals surface area contributed by atoms with Crippen molar-refractivity contribution in [2.75, 3.05) is 0 Å². The molecule has 6 heteroatoms. The van der Waals surface area contributed by atoms with Crippen LogP contribution in [0.4, 0.5) is 0 Å². The van der Waals surface area contributed by atoms with Crippen LogP contribution in [0.5, 0.6) is 0 Å². The largest absolute Gasteiger partial charge is 0.481 e.